The number of amides is 2. The van der Waals surface area contributed by atoms with Crippen LogP contribution >= 0.6 is 0 Å². The van der Waals surface area contributed by atoms with E-state index in [1.165, 1.54) is 6.07 Å². The van der Waals surface area contributed by atoms with E-state index in [9.17, 15) is 18.7 Å². The van der Waals surface area contributed by atoms with Crippen molar-refractivity contribution < 1.29 is 23.4 Å². The Morgan fingerprint density at radius 1 is 1.33 bits per heavy atom. The number of nitrogens with one attached hydrogen (secondary N) is 3. The number of halogens is 2. The lowest BCUT2D eigenvalue weighted by molar-refractivity contribution is -0.0627. The largest absolute Gasteiger partial charge is 0.471 e. The standard InChI is InChI=1S/C20H23F2N5O3/c21-15(22)11-30-18(24)13-10-25-16(9-14(13)23)26-19(28)27-17(20(29)7-4-8-20)12-5-2-1-3-6-12/h1-3,5-6,9-10,15,17,24,29H,4,7-8,11H2,(H4,23,25,26,27,28)/t17-/m0/s1. The zero-order chi connectivity index (χ0) is 21.7. The molecule has 1 heterocycles. The fourth-order valence-electron chi connectivity index (χ4n) is 3.24. The molecule has 160 valence electrons. The van der Waals surface area contributed by atoms with Crippen molar-refractivity contribution in [1.29, 1.82) is 5.41 Å². The Labute approximate surface area is 172 Å². The minimum absolute atomic E-state index is 0.0348. The van der Waals surface area contributed by atoms with Crippen molar-refractivity contribution in [1.82, 2.24) is 10.3 Å². The van der Waals surface area contributed by atoms with Gasteiger partial charge in [-0.2, -0.15) is 0 Å². The van der Waals surface area contributed by atoms with Crippen LogP contribution in [0.15, 0.2) is 42.6 Å². The fraction of sp³-hybridized carbons (Fsp3) is 0.350. The molecule has 8 nitrogen and oxygen atoms in total. The summed E-state index contributed by atoms with van der Waals surface area (Å²) >= 11 is 0. The Kier molecular flexibility index (Phi) is 6.46. The number of carbonyl (C=O) groups excluding carboxylic acids is 1. The van der Waals surface area contributed by atoms with Gasteiger partial charge in [0.15, 0.2) is 6.61 Å². The molecule has 1 atom stereocenters. The SMILES string of the molecule is N=C(OCC(F)F)c1cnc(NC(=O)N[C@@H](c2ccccc2)C2(O)CCC2)cc1N. The second kappa shape index (κ2) is 9.04. The molecule has 1 aromatic carbocycles. The average molecular weight is 419 g/mol. The van der Waals surface area contributed by atoms with Crippen molar-refractivity contribution in [3.8, 4) is 0 Å². The Hall–Kier alpha value is -3.27. The lowest BCUT2D eigenvalue weighted by Gasteiger charge is -2.43. The molecule has 6 N–H and O–H groups in total. The molecular weight excluding hydrogens is 396 g/mol. The molecule has 0 radical (unpaired) electrons. The maximum atomic E-state index is 12.5. The minimum atomic E-state index is -2.72. The zero-order valence-corrected chi connectivity index (χ0v) is 16.1. The molecule has 2 aromatic rings. The van der Waals surface area contributed by atoms with Crippen LogP contribution in [-0.4, -0.2) is 40.7 Å². The lowest BCUT2D eigenvalue weighted by atomic mass is 9.72. The van der Waals surface area contributed by atoms with Gasteiger partial charge >= 0.3 is 6.03 Å². The molecule has 0 spiro atoms. The molecule has 0 saturated heterocycles. The van der Waals surface area contributed by atoms with E-state index in [0.717, 1.165) is 18.2 Å². The summed E-state index contributed by atoms with van der Waals surface area (Å²) in [5, 5.41) is 23.8. The first kappa shape index (κ1) is 21.4. The molecular formula is C20H23F2N5O3. The molecule has 1 fully saturated rings. The van der Waals surface area contributed by atoms with Crippen LogP contribution in [0.1, 0.15) is 36.4 Å². The quantitative estimate of drug-likeness (QED) is 0.347. The Morgan fingerprint density at radius 2 is 2.03 bits per heavy atom. The number of alkyl halides is 2. The summed E-state index contributed by atoms with van der Waals surface area (Å²) in [7, 11) is 0. The number of aromatic nitrogens is 1. The van der Waals surface area contributed by atoms with Gasteiger partial charge in [-0.3, -0.25) is 10.7 Å². The van der Waals surface area contributed by atoms with Crippen molar-refractivity contribution in [2.45, 2.75) is 37.3 Å². The number of rotatable bonds is 7. The number of nitrogens with two attached hydrogens (primary N) is 1. The topological polar surface area (TPSA) is 133 Å². The van der Waals surface area contributed by atoms with Crippen LogP contribution in [0.2, 0.25) is 0 Å². The molecule has 1 saturated carbocycles. The number of hydrogen-bond donors (Lipinski definition) is 5. The van der Waals surface area contributed by atoms with Crippen molar-refractivity contribution in [2.24, 2.45) is 0 Å². The van der Waals surface area contributed by atoms with E-state index in [-0.39, 0.29) is 17.1 Å². The first-order valence-electron chi connectivity index (χ1n) is 9.39. The predicted molar refractivity (Wildman–Crippen MR) is 108 cm³/mol. The van der Waals surface area contributed by atoms with Gasteiger partial charge in [0.1, 0.15) is 5.82 Å². The number of hydrogen-bond acceptors (Lipinski definition) is 6. The third-order valence-electron chi connectivity index (χ3n) is 4.94. The molecule has 3 rings (SSSR count). The minimum Gasteiger partial charge on any atom is -0.471 e. The number of nitrogens with zero attached hydrogens (tertiary/aromatic N) is 1. The summed E-state index contributed by atoms with van der Waals surface area (Å²) in [5.74, 6) is -0.435. The monoisotopic (exact) mass is 419 g/mol. The Balaban J connectivity index is 1.67. The van der Waals surface area contributed by atoms with E-state index in [2.05, 4.69) is 20.4 Å². The van der Waals surface area contributed by atoms with Crippen LogP contribution in [0, 0.1) is 5.41 Å². The summed E-state index contributed by atoms with van der Waals surface area (Å²) in [6, 6.07) is 9.28. The van der Waals surface area contributed by atoms with E-state index in [1.807, 2.05) is 30.3 Å². The highest BCUT2D eigenvalue weighted by Crippen LogP contribution is 2.42. The predicted octanol–water partition coefficient (Wildman–Crippen LogP) is 3.05. The number of urea groups is 1. The molecule has 2 amide bonds. The maximum absolute atomic E-state index is 12.5. The van der Waals surface area contributed by atoms with Crippen molar-refractivity contribution in [2.75, 3.05) is 17.7 Å². The van der Waals surface area contributed by atoms with Gasteiger partial charge in [0.2, 0.25) is 5.90 Å². The van der Waals surface area contributed by atoms with Gasteiger partial charge in [0.05, 0.1) is 17.2 Å². The third kappa shape index (κ3) is 5.01. The Morgan fingerprint density at radius 3 is 2.60 bits per heavy atom. The smallest absolute Gasteiger partial charge is 0.320 e. The molecule has 0 aliphatic heterocycles. The molecule has 0 bridgehead atoms. The van der Waals surface area contributed by atoms with Crippen LogP contribution in [-0.2, 0) is 4.74 Å². The zero-order valence-electron chi connectivity index (χ0n) is 16.1. The van der Waals surface area contributed by atoms with Crippen molar-refractivity contribution >= 4 is 23.4 Å². The van der Waals surface area contributed by atoms with Gasteiger partial charge in [0.25, 0.3) is 6.43 Å². The van der Waals surface area contributed by atoms with Crippen molar-refractivity contribution in [3.05, 3.63) is 53.7 Å². The summed E-state index contributed by atoms with van der Waals surface area (Å²) < 4.78 is 29.1. The van der Waals surface area contributed by atoms with E-state index in [4.69, 9.17) is 11.1 Å². The van der Waals surface area contributed by atoms with Crippen LogP contribution in [0.4, 0.5) is 25.1 Å². The van der Waals surface area contributed by atoms with E-state index < -0.39 is 36.6 Å². The number of pyridine rings is 1. The fourth-order valence-corrected chi connectivity index (χ4v) is 3.24. The number of benzene rings is 1. The highest BCUT2D eigenvalue weighted by Gasteiger charge is 2.43. The maximum Gasteiger partial charge on any atom is 0.320 e. The molecule has 10 heteroatoms. The van der Waals surface area contributed by atoms with Crippen LogP contribution in [0.25, 0.3) is 0 Å². The number of nitrogen functional groups attached to an aromatic ring is 1. The summed E-state index contributed by atoms with van der Waals surface area (Å²) in [4.78, 5) is 16.5. The van der Waals surface area contributed by atoms with Gasteiger partial charge in [-0.15, -0.1) is 0 Å². The molecule has 1 aliphatic rings. The highest BCUT2D eigenvalue weighted by atomic mass is 19.3. The highest BCUT2D eigenvalue weighted by molar-refractivity contribution is 5.97. The molecule has 0 unspecified atom stereocenters. The summed E-state index contributed by atoms with van der Waals surface area (Å²) in [6.07, 6.45) is 0.475. The van der Waals surface area contributed by atoms with Gasteiger partial charge in [-0.1, -0.05) is 30.3 Å². The number of carbonyl (C=O) groups is 1. The van der Waals surface area contributed by atoms with Gasteiger partial charge in [-0.05, 0) is 24.8 Å². The second-order valence-electron chi connectivity index (χ2n) is 7.09. The van der Waals surface area contributed by atoms with Gasteiger partial charge in [-0.25, -0.2) is 18.6 Å². The summed E-state index contributed by atoms with van der Waals surface area (Å²) in [5.41, 5.74) is 5.67. The Bertz CT molecular complexity index is 907. The van der Waals surface area contributed by atoms with Crippen LogP contribution in [0.3, 0.4) is 0 Å². The number of anilines is 2. The van der Waals surface area contributed by atoms with Gasteiger partial charge in [0, 0.05) is 18.0 Å². The molecule has 1 aromatic heterocycles. The van der Waals surface area contributed by atoms with Crippen molar-refractivity contribution in [3.63, 3.8) is 0 Å². The van der Waals surface area contributed by atoms with Crippen LogP contribution in [0.5, 0.6) is 0 Å². The molecule has 1 aliphatic carbocycles. The molecule has 30 heavy (non-hydrogen) atoms. The number of aliphatic hydroxyl groups is 1. The number of ether oxygens (including phenoxy) is 1. The average Bonchev–Trinajstić information content (AvgIpc) is 2.69. The van der Waals surface area contributed by atoms with E-state index in [1.54, 1.807) is 0 Å². The lowest BCUT2D eigenvalue weighted by Crippen LogP contribution is -2.51. The van der Waals surface area contributed by atoms with E-state index >= 15 is 0 Å². The van der Waals surface area contributed by atoms with Crippen LogP contribution < -0.4 is 16.4 Å². The second-order valence-corrected chi connectivity index (χ2v) is 7.09. The van der Waals surface area contributed by atoms with E-state index in [0.29, 0.717) is 12.8 Å². The normalized spacial score (nSPS) is 15.7. The summed E-state index contributed by atoms with van der Waals surface area (Å²) in [6.45, 7) is -0.926. The van der Waals surface area contributed by atoms with Gasteiger partial charge < -0.3 is 20.9 Å². The first-order chi connectivity index (χ1) is 14.3. The third-order valence-corrected chi connectivity index (χ3v) is 4.94. The first-order valence-corrected chi connectivity index (χ1v) is 9.39.